The third-order valence-corrected chi connectivity index (χ3v) is 3.53. The fourth-order valence-electron chi connectivity index (χ4n) is 1.22. The number of hydrogen-bond donors (Lipinski definition) is 1. The summed E-state index contributed by atoms with van der Waals surface area (Å²) in [5, 5.41) is 8.98. The molecule has 106 valence electrons. The SMILES string of the molecule is CC(CS(=O)C(F)(F)F)(Oc1ccccc1)C(=O)O. The van der Waals surface area contributed by atoms with Gasteiger partial charge in [-0.1, -0.05) is 18.2 Å². The van der Waals surface area contributed by atoms with Crippen molar-refractivity contribution >= 4 is 16.8 Å². The maximum absolute atomic E-state index is 12.2. The number of carboxylic acid groups (broad SMARTS) is 1. The molecule has 0 aliphatic heterocycles. The van der Waals surface area contributed by atoms with E-state index in [0.717, 1.165) is 6.92 Å². The van der Waals surface area contributed by atoms with Gasteiger partial charge in [0.1, 0.15) is 16.5 Å². The standard InChI is InChI=1S/C11H11F3O4S/c1-10(9(15)16,7-19(17)11(12,13)14)18-8-5-3-2-4-6-8/h2-6H,7H2,1H3,(H,15,16). The Balaban J connectivity index is 2.93. The molecule has 1 rings (SSSR count). The summed E-state index contributed by atoms with van der Waals surface area (Å²) in [4.78, 5) is 11.1. The Hall–Kier alpha value is -1.57. The number of carbonyl (C=O) groups is 1. The molecule has 4 nitrogen and oxygen atoms in total. The molecule has 0 bridgehead atoms. The lowest BCUT2D eigenvalue weighted by Crippen LogP contribution is -2.48. The van der Waals surface area contributed by atoms with Crippen molar-refractivity contribution in [3.8, 4) is 5.75 Å². The number of alkyl halides is 3. The molecule has 0 aliphatic carbocycles. The van der Waals surface area contributed by atoms with Crippen molar-refractivity contribution in [3.63, 3.8) is 0 Å². The number of benzene rings is 1. The van der Waals surface area contributed by atoms with E-state index in [1.165, 1.54) is 12.1 Å². The topological polar surface area (TPSA) is 63.6 Å². The van der Waals surface area contributed by atoms with E-state index in [1.54, 1.807) is 18.2 Å². The maximum Gasteiger partial charge on any atom is 0.471 e. The fourth-order valence-corrected chi connectivity index (χ4v) is 2.06. The quantitative estimate of drug-likeness (QED) is 0.904. The van der Waals surface area contributed by atoms with Gasteiger partial charge in [-0.2, -0.15) is 13.2 Å². The summed E-state index contributed by atoms with van der Waals surface area (Å²) in [5.41, 5.74) is -7.20. The van der Waals surface area contributed by atoms with Crippen LogP contribution in [0.25, 0.3) is 0 Å². The molecule has 0 aromatic heterocycles. The third kappa shape index (κ3) is 4.23. The molecule has 2 unspecified atom stereocenters. The first kappa shape index (κ1) is 15.5. The molecule has 1 aromatic carbocycles. The molecule has 0 heterocycles. The van der Waals surface area contributed by atoms with Gasteiger partial charge in [-0.3, -0.25) is 4.21 Å². The van der Waals surface area contributed by atoms with E-state index < -0.39 is 33.6 Å². The molecule has 0 aliphatic rings. The highest BCUT2D eigenvalue weighted by Crippen LogP contribution is 2.26. The first-order valence-corrected chi connectivity index (χ1v) is 6.40. The number of ether oxygens (including phenoxy) is 1. The maximum atomic E-state index is 12.2. The predicted molar refractivity (Wildman–Crippen MR) is 62.2 cm³/mol. The van der Waals surface area contributed by atoms with Gasteiger partial charge in [0.05, 0.1) is 5.75 Å². The normalized spacial score (nSPS) is 16.4. The summed E-state index contributed by atoms with van der Waals surface area (Å²) < 4.78 is 52.8. The van der Waals surface area contributed by atoms with Gasteiger partial charge < -0.3 is 9.84 Å². The zero-order chi connectivity index (χ0) is 14.7. The molecule has 19 heavy (non-hydrogen) atoms. The molecule has 0 saturated heterocycles. The smallest absolute Gasteiger partial charge is 0.471 e. The van der Waals surface area contributed by atoms with Crippen LogP contribution in [0, 0.1) is 0 Å². The Morgan fingerprint density at radius 2 is 1.84 bits per heavy atom. The number of halogens is 3. The van der Waals surface area contributed by atoms with Crippen LogP contribution in [0.15, 0.2) is 30.3 Å². The highest BCUT2D eigenvalue weighted by atomic mass is 32.2. The van der Waals surface area contributed by atoms with Crippen molar-refractivity contribution in [3.05, 3.63) is 30.3 Å². The Morgan fingerprint density at radius 3 is 2.26 bits per heavy atom. The third-order valence-electron chi connectivity index (χ3n) is 2.20. The Morgan fingerprint density at radius 1 is 1.32 bits per heavy atom. The minimum absolute atomic E-state index is 0.0894. The number of para-hydroxylation sites is 1. The second kappa shape index (κ2) is 5.60. The highest BCUT2D eigenvalue weighted by molar-refractivity contribution is 7.86. The molecular formula is C11H11F3O4S. The summed E-state index contributed by atoms with van der Waals surface area (Å²) in [7, 11) is -3.31. The van der Waals surface area contributed by atoms with Crippen molar-refractivity contribution in [2.24, 2.45) is 0 Å². The minimum atomic E-state index is -4.98. The lowest BCUT2D eigenvalue weighted by Gasteiger charge is -2.26. The summed E-state index contributed by atoms with van der Waals surface area (Å²) in [6.07, 6.45) is 0. The van der Waals surface area contributed by atoms with E-state index in [0.29, 0.717) is 0 Å². The van der Waals surface area contributed by atoms with Gasteiger partial charge in [0.25, 0.3) is 0 Å². The average molecular weight is 296 g/mol. The molecule has 0 saturated carbocycles. The van der Waals surface area contributed by atoms with Gasteiger partial charge in [-0.25, -0.2) is 4.79 Å². The van der Waals surface area contributed by atoms with Crippen LogP contribution in [0.4, 0.5) is 13.2 Å². The van der Waals surface area contributed by atoms with Crippen LogP contribution >= 0.6 is 0 Å². The van der Waals surface area contributed by atoms with Gasteiger partial charge in [0.15, 0.2) is 0 Å². The lowest BCUT2D eigenvalue weighted by molar-refractivity contribution is -0.151. The average Bonchev–Trinajstić information content (AvgIpc) is 2.28. The van der Waals surface area contributed by atoms with E-state index in [2.05, 4.69) is 0 Å². The molecule has 1 N–H and O–H groups in total. The number of carboxylic acids is 1. The summed E-state index contributed by atoms with van der Waals surface area (Å²) in [6.45, 7) is 0.950. The van der Waals surface area contributed by atoms with Crippen molar-refractivity contribution in [2.45, 2.75) is 18.0 Å². The molecule has 0 radical (unpaired) electrons. The fraction of sp³-hybridized carbons (Fsp3) is 0.364. The van der Waals surface area contributed by atoms with E-state index in [4.69, 9.17) is 9.84 Å². The van der Waals surface area contributed by atoms with E-state index in [9.17, 15) is 22.2 Å². The Bertz CT molecular complexity index is 475. The van der Waals surface area contributed by atoms with E-state index in [1.807, 2.05) is 0 Å². The largest absolute Gasteiger partial charge is 0.478 e. The van der Waals surface area contributed by atoms with Gasteiger partial charge in [0, 0.05) is 0 Å². The zero-order valence-corrected chi connectivity index (χ0v) is 10.6. The Kier molecular flexibility index (Phi) is 4.56. The van der Waals surface area contributed by atoms with Crippen molar-refractivity contribution < 1.29 is 32.0 Å². The second-order valence-electron chi connectivity index (χ2n) is 3.89. The molecular weight excluding hydrogens is 285 g/mol. The summed E-state index contributed by atoms with van der Waals surface area (Å²) in [6, 6.07) is 7.52. The molecule has 8 heteroatoms. The van der Waals surface area contributed by atoms with Crippen LogP contribution in [0.3, 0.4) is 0 Å². The first-order valence-electron chi connectivity index (χ1n) is 5.08. The summed E-state index contributed by atoms with van der Waals surface area (Å²) in [5.74, 6) is -2.71. The molecule has 1 aromatic rings. The van der Waals surface area contributed by atoms with Gasteiger partial charge >= 0.3 is 11.5 Å². The Labute approximate surface area is 109 Å². The van der Waals surface area contributed by atoms with E-state index in [-0.39, 0.29) is 5.75 Å². The van der Waals surface area contributed by atoms with Gasteiger partial charge in [0.2, 0.25) is 5.60 Å². The van der Waals surface area contributed by atoms with Crippen LogP contribution in [0.2, 0.25) is 0 Å². The van der Waals surface area contributed by atoms with Gasteiger partial charge in [-0.15, -0.1) is 0 Å². The molecule has 0 amide bonds. The lowest BCUT2D eigenvalue weighted by atomic mass is 10.1. The van der Waals surface area contributed by atoms with Crippen LogP contribution in [0.1, 0.15) is 6.92 Å². The zero-order valence-electron chi connectivity index (χ0n) is 9.81. The van der Waals surface area contributed by atoms with E-state index >= 15 is 0 Å². The van der Waals surface area contributed by atoms with Crippen LogP contribution in [-0.2, 0) is 15.6 Å². The number of rotatable bonds is 5. The molecule has 2 atom stereocenters. The van der Waals surface area contributed by atoms with Crippen molar-refractivity contribution in [1.82, 2.24) is 0 Å². The van der Waals surface area contributed by atoms with Gasteiger partial charge in [-0.05, 0) is 19.1 Å². The molecule has 0 fully saturated rings. The molecule has 0 spiro atoms. The second-order valence-corrected chi connectivity index (χ2v) is 5.33. The highest BCUT2D eigenvalue weighted by Gasteiger charge is 2.46. The monoisotopic (exact) mass is 296 g/mol. The van der Waals surface area contributed by atoms with Crippen molar-refractivity contribution in [2.75, 3.05) is 5.75 Å². The summed E-state index contributed by atoms with van der Waals surface area (Å²) >= 11 is 0. The van der Waals surface area contributed by atoms with Crippen LogP contribution < -0.4 is 4.74 Å². The van der Waals surface area contributed by atoms with Crippen molar-refractivity contribution in [1.29, 1.82) is 0 Å². The van der Waals surface area contributed by atoms with Crippen LogP contribution in [0.5, 0.6) is 5.75 Å². The first-order chi connectivity index (χ1) is 8.65. The number of aliphatic carboxylic acids is 1. The van der Waals surface area contributed by atoms with Crippen LogP contribution in [-0.4, -0.2) is 32.1 Å². The minimum Gasteiger partial charge on any atom is -0.478 e. The number of hydrogen-bond acceptors (Lipinski definition) is 3. The predicted octanol–water partition coefficient (Wildman–Crippen LogP) is 2.18.